The second-order valence-electron chi connectivity index (χ2n) is 8.38. The summed E-state index contributed by atoms with van der Waals surface area (Å²) < 4.78 is 67.1. The molecule has 3 heterocycles. The van der Waals surface area contributed by atoms with Crippen molar-refractivity contribution in [3.63, 3.8) is 0 Å². The van der Waals surface area contributed by atoms with Crippen molar-refractivity contribution in [3.8, 4) is 0 Å². The third kappa shape index (κ3) is 6.16. The molecule has 4 rings (SSSR count). The highest BCUT2D eigenvalue weighted by atomic mass is 32.2. The van der Waals surface area contributed by atoms with Crippen LogP contribution >= 0.6 is 11.3 Å². The van der Waals surface area contributed by atoms with Crippen molar-refractivity contribution in [2.24, 2.45) is 0 Å². The van der Waals surface area contributed by atoms with Gasteiger partial charge in [-0.15, -0.1) is 11.3 Å². The minimum Gasteiger partial charge on any atom is -0.378 e. The number of benzene rings is 1. The number of sulfone groups is 1. The molecule has 0 radical (unpaired) electrons. The lowest BCUT2D eigenvalue weighted by Crippen LogP contribution is -2.36. The number of amides is 1. The molecule has 1 unspecified atom stereocenters. The molecule has 10 nitrogen and oxygen atoms in total. The van der Waals surface area contributed by atoms with Gasteiger partial charge >= 0.3 is 5.51 Å². The van der Waals surface area contributed by atoms with Gasteiger partial charge in [0.05, 0.1) is 29.3 Å². The summed E-state index contributed by atoms with van der Waals surface area (Å²) in [4.78, 5) is 39.2. The molecule has 1 N–H and O–H groups in total. The van der Waals surface area contributed by atoms with E-state index >= 15 is 0 Å². The Bertz CT molecular complexity index is 1440. The summed E-state index contributed by atoms with van der Waals surface area (Å²) in [5, 5.41) is 2.88. The lowest BCUT2D eigenvalue weighted by Gasteiger charge is -2.27. The first kappa shape index (κ1) is 27.6. The van der Waals surface area contributed by atoms with E-state index in [-0.39, 0.29) is 34.4 Å². The molecule has 0 saturated carbocycles. The maximum absolute atomic E-state index is 12.9. The predicted octanol–water partition coefficient (Wildman–Crippen LogP) is 3.69. The van der Waals surface area contributed by atoms with Crippen LogP contribution in [0.5, 0.6) is 0 Å². The summed E-state index contributed by atoms with van der Waals surface area (Å²) in [5.74, 6) is -0.617. The zero-order valence-electron chi connectivity index (χ0n) is 19.9. The number of halogens is 3. The number of morpholine rings is 1. The van der Waals surface area contributed by atoms with Crippen LogP contribution in [-0.4, -0.2) is 66.9 Å². The fourth-order valence-corrected chi connectivity index (χ4v) is 5.29. The van der Waals surface area contributed by atoms with Gasteiger partial charge in [0.15, 0.2) is 5.78 Å². The first-order valence-electron chi connectivity index (χ1n) is 11.3. The molecule has 1 aliphatic rings. The molecular formula is C23H22F3N5O5S2. The third-order valence-corrected chi connectivity index (χ3v) is 8.35. The van der Waals surface area contributed by atoms with Gasteiger partial charge in [0.25, 0.3) is 15.7 Å². The number of hydrogen-bond donors (Lipinski definition) is 1. The van der Waals surface area contributed by atoms with Crippen LogP contribution in [0.1, 0.15) is 44.4 Å². The number of nitrogens with zero attached hydrogens (tertiary/aromatic N) is 4. The summed E-state index contributed by atoms with van der Waals surface area (Å²) in [5.41, 5.74) is -5.33. The van der Waals surface area contributed by atoms with E-state index in [1.807, 2.05) is 4.90 Å². The van der Waals surface area contributed by atoms with Gasteiger partial charge in [-0.2, -0.15) is 13.2 Å². The van der Waals surface area contributed by atoms with Gasteiger partial charge in [-0.1, -0.05) is 13.0 Å². The molecule has 0 spiro atoms. The van der Waals surface area contributed by atoms with Crippen LogP contribution in [0.4, 0.5) is 24.7 Å². The second-order valence-corrected chi connectivity index (χ2v) is 11.4. The Morgan fingerprint density at radius 1 is 1.16 bits per heavy atom. The number of carbonyl (C=O) groups excluding carboxylic acids is 2. The Morgan fingerprint density at radius 2 is 1.89 bits per heavy atom. The van der Waals surface area contributed by atoms with Crippen molar-refractivity contribution in [3.05, 3.63) is 58.4 Å². The van der Waals surface area contributed by atoms with Gasteiger partial charge in [-0.05, 0) is 18.2 Å². The van der Waals surface area contributed by atoms with Gasteiger partial charge in [0.1, 0.15) is 22.7 Å². The standard InChI is InChI=1S/C23H22F3N5O5S2/c1-14(9-18(32)17-11-20(29-13-28-17)31-5-7-36-8-6-31)22-27-12-19(37-22)21(33)30-15-3-2-4-16(10-15)38(34,35)23(24,25)26/h2-4,10-14H,5-9H2,1H3,(H,30,33). The average molecular weight is 570 g/mol. The fraction of sp³-hybridized carbons (Fsp3) is 0.348. The van der Waals surface area contributed by atoms with Crippen LogP contribution in [0.2, 0.25) is 0 Å². The van der Waals surface area contributed by atoms with Crippen LogP contribution in [0, 0.1) is 0 Å². The summed E-state index contributed by atoms with van der Waals surface area (Å²) in [7, 11) is -5.56. The zero-order chi connectivity index (χ0) is 27.5. The van der Waals surface area contributed by atoms with Crippen molar-refractivity contribution < 1.29 is 35.9 Å². The minimum absolute atomic E-state index is 0.0749. The van der Waals surface area contributed by atoms with Crippen LogP contribution < -0.4 is 10.2 Å². The topological polar surface area (TPSA) is 131 Å². The molecule has 3 aromatic rings. The highest BCUT2D eigenvalue weighted by Gasteiger charge is 2.46. The third-order valence-electron chi connectivity index (χ3n) is 5.64. The molecule has 202 valence electrons. The number of hydrogen-bond acceptors (Lipinski definition) is 10. The molecule has 15 heteroatoms. The van der Waals surface area contributed by atoms with E-state index in [1.54, 1.807) is 13.0 Å². The smallest absolute Gasteiger partial charge is 0.378 e. The van der Waals surface area contributed by atoms with Crippen molar-refractivity contribution in [1.82, 2.24) is 15.0 Å². The Kier molecular flexibility index (Phi) is 8.08. The number of carbonyl (C=O) groups is 2. The van der Waals surface area contributed by atoms with Gasteiger partial charge in [-0.25, -0.2) is 23.4 Å². The number of alkyl halides is 3. The Morgan fingerprint density at radius 3 is 2.61 bits per heavy atom. The maximum atomic E-state index is 12.9. The van der Waals surface area contributed by atoms with Crippen molar-refractivity contribution in [2.45, 2.75) is 29.7 Å². The van der Waals surface area contributed by atoms with Crippen LogP contribution in [0.25, 0.3) is 0 Å². The van der Waals surface area contributed by atoms with Gasteiger partial charge < -0.3 is 15.0 Å². The summed E-state index contributed by atoms with van der Waals surface area (Å²) in [6.45, 7) is 4.24. The number of ketones is 1. The minimum atomic E-state index is -5.56. The highest BCUT2D eigenvalue weighted by molar-refractivity contribution is 7.92. The predicted molar refractivity (Wildman–Crippen MR) is 132 cm³/mol. The summed E-state index contributed by atoms with van der Waals surface area (Å²) in [6.07, 6.45) is 2.70. The largest absolute Gasteiger partial charge is 0.501 e. The number of aromatic nitrogens is 3. The molecule has 2 aromatic heterocycles. The number of ether oxygens (including phenoxy) is 1. The number of Topliss-reactive ketones (excluding diaryl/α,β-unsaturated/α-hetero) is 1. The average Bonchev–Trinajstić information content (AvgIpc) is 3.40. The number of rotatable bonds is 8. The molecule has 0 aliphatic carbocycles. The number of nitrogens with one attached hydrogen (secondary N) is 1. The fourth-order valence-electron chi connectivity index (χ4n) is 3.62. The molecule has 1 saturated heterocycles. The Hall–Kier alpha value is -3.43. The Balaban J connectivity index is 1.41. The molecule has 1 atom stereocenters. The SMILES string of the molecule is CC(CC(=O)c1cc(N2CCOCC2)ncn1)c1ncc(C(=O)Nc2cccc(S(=O)(=O)C(F)(F)F)c2)s1. The van der Waals surface area contributed by atoms with E-state index in [4.69, 9.17) is 4.74 Å². The van der Waals surface area contributed by atoms with E-state index in [1.165, 1.54) is 18.6 Å². The van der Waals surface area contributed by atoms with Crippen molar-refractivity contribution in [2.75, 3.05) is 36.5 Å². The van der Waals surface area contributed by atoms with Crippen LogP contribution in [0.15, 0.2) is 47.8 Å². The number of thiazole rings is 1. The maximum Gasteiger partial charge on any atom is 0.501 e. The quantitative estimate of drug-likeness (QED) is 0.404. The van der Waals surface area contributed by atoms with E-state index in [9.17, 15) is 31.2 Å². The van der Waals surface area contributed by atoms with Crippen LogP contribution in [0.3, 0.4) is 0 Å². The lowest BCUT2D eigenvalue weighted by molar-refractivity contribution is -0.0436. The summed E-state index contributed by atoms with van der Waals surface area (Å²) >= 11 is 1.02. The molecule has 38 heavy (non-hydrogen) atoms. The van der Waals surface area contributed by atoms with Crippen LogP contribution in [-0.2, 0) is 14.6 Å². The first-order valence-corrected chi connectivity index (χ1v) is 13.6. The van der Waals surface area contributed by atoms with E-state index in [0.717, 1.165) is 29.5 Å². The normalized spacial score (nSPS) is 15.2. The zero-order valence-corrected chi connectivity index (χ0v) is 21.6. The monoisotopic (exact) mass is 569 g/mol. The molecule has 1 amide bonds. The highest BCUT2D eigenvalue weighted by Crippen LogP contribution is 2.32. The van der Waals surface area contributed by atoms with E-state index in [0.29, 0.717) is 37.1 Å². The number of anilines is 2. The van der Waals surface area contributed by atoms with Crippen molar-refractivity contribution in [1.29, 1.82) is 0 Å². The molecule has 1 aliphatic heterocycles. The molecular weight excluding hydrogens is 547 g/mol. The molecule has 0 bridgehead atoms. The van der Waals surface area contributed by atoms with Gasteiger partial charge in [0, 0.05) is 37.2 Å². The first-order chi connectivity index (χ1) is 18.0. The van der Waals surface area contributed by atoms with Crippen molar-refractivity contribution >= 4 is 44.4 Å². The molecule has 1 fully saturated rings. The van der Waals surface area contributed by atoms with Gasteiger partial charge in [0.2, 0.25) is 0 Å². The summed E-state index contributed by atoms with van der Waals surface area (Å²) in [6, 6.07) is 5.52. The lowest BCUT2D eigenvalue weighted by atomic mass is 10.0. The second kappa shape index (κ2) is 11.1. The molecule has 1 aromatic carbocycles. The van der Waals surface area contributed by atoms with Gasteiger partial charge in [-0.3, -0.25) is 9.59 Å². The van der Waals surface area contributed by atoms with E-state index in [2.05, 4.69) is 20.3 Å². The Labute approximate surface area is 219 Å². The van der Waals surface area contributed by atoms with E-state index < -0.39 is 26.1 Å².